The number of halogens is 3. The van der Waals surface area contributed by atoms with Crippen LogP contribution in [0.5, 0.6) is 5.75 Å². The van der Waals surface area contributed by atoms with E-state index in [1.54, 1.807) is 6.92 Å². The summed E-state index contributed by atoms with van der Waals surface area (Å²) in [5.41, 5.74) is -2.15. The molecule has 2 aliphatic rings. The van der Waals surface area contributed by atoms with Gasteiger partial charge in [-0.3, -0.25) is 4.79 Å². The molecule has 0 unspecified atom stereocenters. The summed E-state index contributed by atoms with van der Waals surface area (Å²) in [6, 6.07) is 5.84. The maximum Gasteiger partial charge on any atom is 0.416 e. The highest BCUT2D eigenvalue weighted by atomic mass is 32.2. The van der Waals surface area contributed by atoms with Crippen LogP contribution in [0.3, 0.4) is 0 Å². The molecule has 4 rings (SSSR count). The first kappa shape index (κ1) is 33.2. The van der Waals surface area contributed by atoms with E-state index in [0.717, 1.165) is 42.8 Å². The van der Waals surface area contributed by atoms with E-state index in [1.807, 2.05) is 0 Å². The Balaban J connectivity index is 1.64. The predicted octanol–water partition coefficient (Wildman–Crippen LogP) is 4.55. The zero-order valence-electron chi connectivity index (χ0n) is 24.4. The Morgan fingerprint density at radius 1 is 0.907 bits per heavy atom. The molecular weight excluding hydrogens is 632 g/mol. The highest BCUT2D eigenvalue weighted by molar-refractivity contribution is 7.93. The van der Waals surface area contributed by atoms with Crippen molar-refractivity contribution in [3.8, 4) is 5.75 Å². The van der Waals surface area contributed by atoms with Gasteiger partial charge in [0.15, 0.2) is 29.5 Å². The molecule has 1 saturated carbocycles. The number of alkyl halides is 3. The van der Waals surface area contributed by atoms with Crippen LogP contribution in [-0.2, 0) is 35.7 Å². The number of amides is 1. The van der Waals surface area contributed by atoms with Crippen molar-refractivity contribution in [1.82, 2.24) is 4.90 Å². The van der Waals surface area contributed by atoms with Gasteiger partial charge in [-0.1, -0.05) is 6.07 Å². The Morgan fingerprint density at radius 3 is 1.86 bits per heavy atom. The predicted molar refractivity (Wildman–Crippen MR) is 152 cm³/mol. The van der Waals surface area contributed by atoms with Crippen molar-refractivity contribution in [3.05, 3.63) is 47.5 Å². The number of carbonyl (C=O) groups excluding carboxylic acids is 1. The lowest BCUT2D eigenvalue weighted by Gasteiger charge is -2.40. The van der Waals surface area contributed by atoms with Crippen LogP contribution in [0.4, 0.5) is 13.2 Å². The first-order chi connectivity index (χ1) is 19.5. The van der Waals surface area contributed by atoms with Gasteiger partial charge in [-0.2, -0.15) is 13.2 Å². The number of ether oxygens (including phenoxy) is 1. The van der Waals surface area contributed by atoms with Crippen LogP contribution in [0.15, 0.2) is 51.1 Å². The molecule has 1 saturated heterocycles. The summed E-state index contributed by atoms with van der Waals surface area (Å²) in [4.78, 5) is 13.6. The van der Waals surface area contributed by atoms with Crippen LogP contribution in [0, 0.1) is 5.92 Å². The fourth-order valence-corrected chi connectivity index (χ4v) is 8.96. The smallest absolute Gasteiger partial charge is 0.416 e. The van der Waals surface area contributed by atoms with E-state index in [2.05, 4.69) is 0 Å². The second-order valence-corrected chi connectivity index (χ2v) is 18.6. The number of piperidine rings is 1. The standard InChI is InChI=1S/C28H34F3NO8S3/c1-26(2,43(38,39)21-8-6-7-19(15-21)28(29,30)31)18-9-13-32(14-10-18)25(33)24-22(41(4,34)35)16-20(40-27(3)11-12-27)17-23(24)42(5,36)37/h6-8,15-18H,9-14H2,1-5H3. The fourth-order valence-electron chi connectivity index (χ4n) is 5.28. The number of sulfone groups is 3. The van der Waals surface area contributed by atoms with Gasteiger partial charge in [0.2, 0.25) is 0 Å². The van der Waals surface area contributed by atoms with Gasteiger partial charge in [0.05, 0.1) is 30.6 Å². The Kier molecular flexibility index (Phi) is 8.32. The first-order valence-corrected chi connectivity index (χ1v) is 18.7. The lowest BCUT2D eigenvalue weighted by atomic mass is 9.85. The van der Waals surface area contributed by atoms with Gasteiger partial charge in [-0.15, -0.1) is 0 Å². The zero-order valence-corrected chi connectivity index (χ0v) is 26.8. The van der Waals surface area contributed by atoms with Crippen molar-refractivity contribution in [1.29, 1.82) is 0 Å². The lowest BCUT2D eigenvalue weighted by Crippen LogP contribution is -2.48. The Morgan fingerprint density at radius 2 is 1.42 bits per heavy atom. The average Bonchev–Trinajstić information content (AvgIpc) is 3.62. The van der Waals surface area contributed by atoms with E-state index in [0.29, 0.717) is 18.9 Å². The largest absolute Gasteiger partial charge is 0.487 e. The van der Waals surface area contributed by atoms with E-state index >= 15 is 0 Å². The second-order valence-electron chi connectivity index (χ2n) is 12.1. The third-order valence-electron chi connectivity index (χ3n) is 8.30. The van der Waals surface area contributed by atoms with Crippen molar-refractivity contribution in [2.24, 2.45) is 5.92 Å². The summed E-state index contributed by atoms with van der Waals surface area (Å²) in [5, 5.41) is 0. The highest BCUT2D eigenvalue weighted by Gasteiger charge is 2.46. The molecule has 0 radical (unpaired) electrons. The van der Waals surface area contributed by atoms with Crippen molar-refractivity contribution >= 4 is 35.4 Å². The molecule has 0 N–H and O–H groups in total. The lowest BCUT2D eigenvalue weighted by molar-refractivity contribution is -0.137. The third-order valence-corrected chi connectivity index (χ3v) is 13.1. The van der Waals surface area contributed by atoms with Crippen LogP contribution in [-0.4, -0.2) is 72.0 Å². The molecule has 2 aromatic carbocycles. The van der Waals surface area contributed by atoms with Gasteiger partial charge in [-0.05, 0) is 82.7 Å². The normalized spacial score (nSPS) is 18.4. The van der Waals surface area contributed by atoms with Crippen molar-refractivity contribution in [2.45, 2.75) is 77.7 Å². The molecule has 238 valence electrons. The van der Waals surface area contributed by atoms with Gasteiger partial charge in [0, 0.05) is 25.6 Å². The van der Waals surface area contributed by atoms with Gasteiger partial charge in [-0.25, -0.2) is 25.3 Å². The Labute approximate surface area is 250 Å². The molecule has 2 fully saturated rings. The summed E-state index contributed by atoms with van der Waals surface area (Å²) in [5.74, 6) is -1.41. The minimum absolute atomic E-state index is 0.0117. The fraction of sp³-hybridized carbons (Fsp3) is 0.536. The van der Waals surface area contributed by atoms with E-state index in [9.17, 15) is 43.2 Å². The van der Waals surface area contributed by atoms with Crippen molar-refractivity contribution < 1.29 is 48.0 Å². The number of benzene rings is 2. The topological polar surface area (TPSA) is 132 Å². The summed E-state index contributed by atoms with van der Waals surface area (Å²) < 4.78 is 122. The number of likely N-dealkylation sites (tertiary alicyclic amines) is 1. The molecule has 0 spiro atoms. The maximum atomic E-state index is 13.8. The highest BCUT2D eigenvalue weighted by Crippen LogP contribution is 2.43. The van der Waals surface area contributed by atoms with Gasteiger partial charge in [0.1, 0.15) is 11.4 Å². The van der Waals surface area contributed by atoms with Crippen LogP contribution in [0.2, 0.25) is 0 Å². The molecule has 2 aromatic rings. The quantitative estimate of drug-likeness (QED) is 0.402. The third kappa shape index (κ3) is 6.72. The molecule has 0 bridgehead atoms. The first-order valence-electron chi connectivity index (χ1n) is 13.5. The number of rotatable bonds is 8. The van der Waals surface area contributed by atoms with Crippen LogP contribution in [0.1, 0.15) is 62.4 Å². The van der Waals surface area contributed by atoms with E-state index in [1.165, 1.54) is 18.7 Å². The summed E-state index contributed by atoms with van der Waals surface area (Å²) in [6.45, 7) is 4.58. The monoisotopic (exact) mass is 665 g/mol. The van der Waals surface area contributed by atoms with Crippen molar-refractivity contribution in [2.75, 3.05) is 25.6 Å². The average molecular weight is 666 g/mol. The van der Waals surface area contributed by atoms with Gasteiger partial charge >= 0.3 is 6.18 Å². The molecule has 1 heterocycles. The van der Waals surface area contributed by atoms with Gasteiger partial charge in [0.25, 0.3) is 5.91 Å². The molecular formula is C28H34F3NO8S3. The SMILES string of the molecule is CC1(Oc2cc(S(C)(=O)=O)c(C(=O)N3CCC(C(C)(C)S(=O)(=O)c4cccc(C(F)(F)F)c4)CC3)c(S(C)(=O)=O)c2)CC1. The summed E-state index contributed by atoms with van der Waals surface area (Å²) in [6.07, 6.45) is -1.35. The minimum atomic E-state index is -4.72. The maximum absolute atomic E-state index is 13.8. The number of nitrogens with zero attached hydrogens (tertiary/aromatic N) is 1. The molecule has 1 aliphatic carbocycles. The van der Waals surface area contributed by atoms with Gasteiger partial charge < -0.3 is 9.64 Å². The number of hydrogen-bond acceptors (Lipinski definition) is 8. The molecule has 0 aromatic heterocycles. The molecule has 15 heteroatoms. The second kappa shape index (κ2) is 10.8. The number of carbonyl (C=O) groups is 1. The van der Waals surface area contributed by atoms with Crippen LogP contribution >= 0.6 is 0 Å². The Hall–Kier alpha value is -2.65. The van der Waals surface area contributed by atoms with Crippen LogP contribution in [0.25, 0.3) is 0 Å². The van der Waals surface area contributed by atoms with E-state index < -0.39 is 83.7 Å². The molecule has 1 aliphatic heterocycles. The molecule has 0 atom stereocenters. The molecule has 1 amide bonds. The minimum Gasteiger partial charge on any atom is -0.487 e. The number of hydrogen-bond donors (Lipinski definition) is 0. The van der Waals surface area contributed by atoms with Crippen molar-refractivity contribution in [3.63, 3.8) is 0 Å². The zero-order chi connectivity index (χ0) is 32.4. The van der Waals surface area contributed by atoms with E-state index in [-0.39, 0.29) is 31.7 Å². The Bertz CT molecular complexity index is 1720. The van der Waals surface area contributed by atoms with E-state index in [4.69, 9.17) is 4.74 Å². The summed E-state index contributed by atoms with van der Waals surface area (Å²) >= 11 is 0. The molecule has 9 nitrogen and oxygen atoms in total. The van der Waals surface area contributed by atoms with Crippen LogP contribution < -0.4 is 4.74 Å². The summed E-state index contributed by atoms with van der Waals surface area (Å²) in [7, 11) is -12.5. The molecule has 43 heavy (non-hydrogen) atoms.